The van der Waals surface area contributed by atoms with Crippen LogP contribution in [0.2, 0.25) is 0 Å². The van der Waals surface area contributed by atoms with E-state index in [1.165, 1.54) is 17.5 Å². The molecule has 1 aromatic rings. The maximum Gasteiger partial charge on any atom is 0.164 e. The zero-order chi connectivity index (χ0) is 13.2. The number of ether oxygens (including phenoxy) is 1. The summed E-state index contributed by atoms with van der Waals surface area (Å²) in [5, 5.41) is 0. The molecule has 18 heavy (non-hydrogen) atoms. The van der Waals surface area contributed by atoms with Gasteiger partial charge in [-0.3, -0.25) is 4.79 Å². The number of hydrogen-bond donors (Lipinski definition) is 0. The van der Waals surface area contributed by atoms with E-state index in [1.54, 1.807) is 7.11 Å². The smallest absolute Gasteiger partial charge is 0.164 e. The van der Waals surface area contributed by atoms with Crippen molar-refractivity contribution in [3.63, 3.8) is 0 Å². The SMILES string of the molecule is COC(C)(C)C(=O)CC1CCCc2ccccc21. The van der Waals surface area contributed by atoms with Crippen LogP contribution < -0.4 is 0 Å². The Bertz CT molecular complexity index is 434. The van der Waals surface area contributed by atoms with E-state index in [2.05, 4.69) is 24.3 Å². The van der Waals surface area contributed by atoms with E-state index < -0.39 is 5.60 Å². The molecule has 0 amide bonds. The molecule has 98 valence electrons. The number of carbonyl (C=O) groups is 1. The molecule has 1 unspecified atom stereocenters. The van der Waals surface area contributed by atoms with E-state index >= 15 is 0 Å². The van der Waals surface area contributed by atoms with Crippen molar-refractivity contribution >= 4 is 5.78 Å². The number of ketones is 1. The van der Waals surface area contributed by atoms with E-state index in [-0.39, 0.29) is 5.78 Å². The number of hydrogen-bond acceptors (Lipinski definition) is 2. The van der Waals surface area contributed by atoms with Crippen molar-refractivity contribution in [3.8, 4) is 0 Å². The van der Waals surface area contributed by atoms with Gasteiger partial charge in [-0.15, -0.1) is 0 Å². The Morgan fingerprint density at radius 1 is 1.39 bits per heavy atom. The highest BCUT2D eigenvalue weighted by Gasteiger charge is 2.31. The van der Waals surface area contributed by atoms with Gasteiger partial charge in [-0.05, 0) is 50.2 Å². The molecular weight excluding hydrogens is 224 g/mol. The monoisotopic (exact) mass is 246 g/mol. The minimum Gasteiger partial charge on any atom is -0.371 e. The Balaban J connectivity index is 2.15. The average Bonchev–Trinajstić information content (AvgIpc) is 2.39. The maximum absolute atomic E-state index is 12.2. The second-order valence-corrected chi connectivity index (χ2v) is 5.63. The van der Waals surface area contributed by atoms with Crippen LogP contribution >= 0.6 is 0 Å². The fourth-order valence-electron chi connectivity index (χ4n) is 2.65. The van der Waals surface area contributed by atoms with Crippen molar-refractivity contribution in [2.45, 2.75) is 51.0 Å². The number of aryl methyl sites for hydroxylation is 1. The first-order valence-corrected chi connectivity index (χ1v) is 6.71. The molecule has 0 heterocycles. The summed E-state index contributed by atoms with van der Waals surface area (Å²) in [6.45, 7) is 3.70. The topological polar surface area (TPSA) is 26.3 Å². The lowest BCUT2D eigenvalue weighted by Gasteiger charge is -2.28. The standard InChI is InChI=1S/C16H22O2/c1-16(2,18-3)15(17)11-13-9-6-8-12-7-4-5-10-14(12)13/h4-5,7,10,13H,6,8-9,11H2,1-3H3. The normalized spacial score (nSPS) is 19.4. The van der Waals surface area contributed by atoms with Gasteiger partial charge >= 0.3 is 0 Å². The minimum atomic E-state index is -0.660. The average molecular weight is 246 g/mol. The van der Waals surface area contributed by atoms with Gasteiger partial charge in [-0.25, -0.2) is 0 Å². The quantitative estimate of drug-likeness (QED) is 0.813. The number of rotatable bonds is 4. The van der Waals surface area contributed by atoms with E-state index in [4.69, 9.17) is 4.74 Å². The predicted octanol–water partition coefficient (Wildman–Crippen LogP) is 3.49. The summed E-state index contributed by atoms with van der Waals surface area (Å²) >= 11 is 0. The highest BCUT2D eigenvalue weighted by atomic mass is 16.5. The minimum absolute atomic E-state index is 0.201. The third-order valence-corrected chi connectivity index (χ3v) is 4.11. The first kappa shape index (κ1) is 13.3. The van der Waals surface area contributed by atoms with Gasteiger partial charge in [-0.1, -0.05) is 24.3 Å². The molecule has 0 spiro atoms. The summed E-state index contributed by atoms with van der Waals surface area (Å²) in [4.78, 5) is 12.2. The van der Waals surface area contributed by atoms with E-state index in [0.717, 1.165) is 12.8 Å². The van der Waals surface area contributed by atoms with Crippen LogP contribution in [-0.4, -0.2) is 18.5 Å². The van der Waals surface area contributed by atoms with E-state index in [0.29, 0.717) is 12.3 Å². The third kappa shape index (κ3) is 2.64. The van der Waals surface area contributed by atoms with Crippen molar-refractivity contribution in [1.29, 1.82) is 0 Å². The molecule has 2 heteroatoms. The molecule has 0 saturated heterocycles. The van der Waals surface area contributed by atoms with Crippen LogP contribution in [0.4, 0.5) is 0 Å². The molecule has 1 aliphatic carbocycles. The second-order valence-electron chi connectivity index (χ2n) is 5.63. The van der Waals surface area contributed by atoms with Crippen molar-refractivity contribution < 1.29 is 9.53 Å². The largest absolute Gasteiger partial charge is 0.371 e. The van der Waals surface area contributed by atoms with Crippen LogP contribution in [0.5, 0.6) is 0 Å². The second kappa shape index (κ2) is 5.23. The van der Waals surface area contributed by atoms with Gasteiger partial charge in [0, 0.05) is 13.5 Å². The van der Waals surface area contributed by atoms with Crippen LogP contribution in [0.3, 0.4) is 0 Å². The Morgan fingerprint density at radius 2 is 2.11 bits per heavy atom. The summed E-state index contributed by atoms with van der Waals surface area (Å²) in [6, 6.07) is 8.52. The highest BCUT2D eigenvalue weighted by molar-refractivity contribution is 5.87. The Morgan fingerprint density at radius 3 is 2.83 bits per heavy atom. The molecule has 0 saturated carbocycles. The lowest BCUT2D eigenvalue weighted by Crippen LogP contribution is -2.35. The molecule has 0 N–H and O–H groups in total. The maximum atomic E-state index is 12.2. The Labute approximate surface area is 109 Å². The molecule has 2 rings (SSSR count). The molecule has 0 aromatic heterocycles. The number of Topliss-reactive ketones (excluding diaryl/α,β-unsaturated/α-hetero) is 1. The van der Waals surface area contributed by atoms with Gasteiger partial charge in [0.15, 0.2) is 5.78 Å². The van der Waals surface area contributed by atoms with E-state index in [9.17, 15) is 4.79 Å². The number of benzene rings is 1. The fourth-order valence-corrected chi connectivity index (χ4v) is 2.65. The van der Waals surface area contributed by atoms with Gasteiger partial charge in [-0.2, -0.15) is 0 Å². The number of carbonyl (C=O) groups excluding carboxylic acids is 1. The molecule has 1 atom stereocenters. The van der Waals surface area contributed by atoms with Crippen molar-refractivity contribution in [3.05, 3.63) is 35.4 Å². The molecule has 0 radical (unpaired) electrons. The lowest BCUT2D eigenvalue weighted by molar-refractivity contribution is -0.137. The molecular formula is C16H22O2. The molecule has 0 aliphatic heterocycles. The first-order valence-electron chi connectivity index (χ1n) is 6.71. The molecule has 1 aromatic carbocycles. The van der Waals surface area contributed by atoms with Crippen molar-refractivity contribution in [1.82, 2.24) is 0 Å². The molecule has 1 aliphatic rings. The number of methoxy groups -OCH3 is 1. The summed E-state index contributed by atoms with van der Waals surface area (Å²) in [7, 11) is 1.60. The summed E-state index contributed by atoms with van der Waals surface area (Å²) in [6.07, 6.45) is 4.04. The zero-order valence-corrected chi connectivity index (χ0v) is 11.5. The van der Waals surface area contributed by atoms with Crippen LogP contribution in [-0.2, 0) is 16.0 Å². The Hall–Kier alpha value is -1.15. The third-order valence-electron chi connectivity index (χ3n) is 4.11. The highest BCUT2D eigenvalue weighted by Crippen LogP contribution is 2.35. The number of fused-ring (bicyclic) bond motifs is 1. The van der Waals surface area contributed by atoms with Crippen LogP contribution in [0.15, 0.2) is 24.3 Å². The molecule has 0 bridgehead atoms. The fraction of sp³-hybridized carbons (Fsp3) is 0.562. The van der Waals surface area contributed by atoms with Crippen molar-refractivity contribution in [2.75, 3.05) is 7.11 Å². The van der Waals surface area contributed by atoms with Gasteiger partial charge in [0.25, 0.3) is 0 Å². The van der Waals surface area contributed by atoms with Crippen molar-refractivity contribution in [2.24, 2.45) is 0 Å². The predicted molar refractivity (Wildman–Crippen MR) is 72.8 cm³/mol. The van der Waals surface area contributed by atoms with Crippen LogP contribution in [0, 0.1) is 0 Å². The van der Waals surface area contributed by atoms with Gasteiger partial charge < -0.3 is 4.74 Å². The van der Waals surface area contributed by atoms with Gasteiger partial charge in [0.1, 0.15) is 5.60 Å². The van der Waals surface area contributed by atoms with Crippen LogP contribution in [0.25, 0.3) is 0 Å². The summed E-state index contributed by atoms with van der Waals surface area (Å²) < 4.78 is 5.28. The molecule has 2 nitrogen and oxygen atoms in total. The van der Waals surface area contributed by atoms with Gasteiger partial charge in [0.2, 0.25) is 0 Å². The van der Waals surface area contributed by atoms with Gasteiger partial charge in [0.05, 0.1) is 0 Å². The van der Waals surface area contributed by atoms with Crippen LogP contribution in [0.1, 0.15) is 50.2 Å². The summed E-state index contributed by atoms with van der Waals surface area (Å²) in [5.74, 6) is 0.573. The lowest BCUT2D eigenvalue weighted by atomic mass is 9.78. The first-order chi connectivity index (χ1) is 8.54. The zero-order valence-electron chi connectivity index (χ0n) is 11.5. The van der Waals surface area contributed by atoms with E-state index in [1.807, 2.05) is 13.8 Å². The molecule has 0 fully saturated rings. The Kier molecular flexibility index (Phi) is 3.86. The summed E-state index contributed by atoms with van der Waals surface area (Å²) in [5.41, 5.74) is 2.12.